The molecule has 1 aromatic rings. The lowest BCUT2D eigenvalue weighted by atomic mass is 10.0. The summed E-state index contributed by atoms with van der Waals surface area (Å²) in [6, 6.07) is 6.26. The maximum absolute atomic E-state index is 13.0. The van der Waals surface area contributed by atoms with Gasteiger partial charge in [0, 0.05) is 12.6 Å². The molecule has 3 heteroatoms. The Kier molecular flexibility index (Phi) is 2.91. The number of rotatable bonds is 3. The Bertz CT molecular complexity index is 334. The summed E-state index contributed by atoms with van der Waals surface area (Å²) in [7, 11) is 0. The van der Waals surface area contributed by atoms with E-state index in [0.29, 0.717) is 12.3 Å². The molecule has 0 spiro atoms. The van der Waals surface area contributed by atoms with Crippen LogP contribution in [0.5, 0.6) is 5.75 Å². The molecule has 1 fully saturated rings. The second-order valence-corrected chi connectivity index (χ2v) is 4.15. The van der Waals surface area contributed by atoms with Crippen molar-refractivity contribution in [1.29, 1.82) is 0 Å². The van der Waals surface area contributed by atoms with Gasteiger partial charge in [0.05, 0.1) is 0 Å². The van der Waals surface area contributed by atoms with E-state index >= 15 is 0 Å². The van der Waals surface area contributed by atoms with Gasteiger partial charge in [-0.15, -0.1) is 0 Å². The molecule has 2 nitrogen and oxygen atoms in total. The number of nitrogens with two attached hydrogens (primary N) is 1. The molecule has 0 saturated heterocycles. The Hall–Kier alpha value is -1.09. The van der Waals surface area contributed by atoms with Crippen molar-refractivity contribution in [1.82, 2.24) is 0 Å². The van der Waals surface area contributed by atoms with Gasteiger partial charge in [0.15, 0.2) is 0 Å². The van der Waals surface area contributed by atoms with Crippen molar-refractivity contribution in [3.8, 4) is 5.75 Å². The van der Waals surface area contributed by atoms with E-state index in [2.05, 4.69) is 0 Å². The molecule has 0 heterocycles. The maximum Gasteiger partial charge on any atom is 0.126 e. The summed E-state index contributed by atoms with van der Waals surface area (Å²) in [5.74, 6) is 0.319. The molecule has 2 N–H and O–H groups in total. The van der Waals surface area contributed by atoms with Gasteiger partial charge in [0.25, 0.3) is 0 Å². The highest BCUT2D eigenvalue weighted by atomic mass is 19.1. The number of hydrogen-bond acceptors (Lipinski definition) is 2. The predicted octanol–water partition coefficient (Wildman–Crippen LogP) is 2.48. The Morgan fingerprint density at radius 1 is 1.33 bits per heavy atom. The minimum absolute atomic E-state index is 0.256. The summed E-state index contributed by atoms with van der Waals surface area (Å²) in [6.45, 7) is 0.503. The fourth-order valence-corrected chi connectivity index (χ4v) is 2.15. The third-order valence-electron chi connectivity index (χ3n) is 3.02. The van der Waals surface area contributed by atoms with Crippen LogP contribution >= 0.6 is 0 Å². The average Bonchev–Trinajstić information content (AvgIpc) is 2.67. The fourth-order valence-electron chi connectivity index (χ4n) is 2.15. The van der Waals surface area contributed by atoms with E-state index < -0.39 is 0 Å². The molecular formula is C12H16FNO. The van der Waals surface area contributed by atoms with Crippen molar-refractivity contribution in [2.24, 2.45) is 5.73 Å². The van der Waals surface area contributed by atoms with Gasteiger partial charge in [0.1, 0.15) is 17.2 Å². The first-order valence-electron chi connectivity index (χ1n) is 5.39. The van der Waals surface area contributed by atoms with Crippen LogP contribution in [0.3, 0.4) is 0 Å². The van der Waals surface area contributed by atoms with Crippen molar-refractivity contribution in [2.75, 3.05) is 6.54 Å². The molecule has 2 rings (SSSR count). The molecule has 1 aliphatic rings. The molecular weight excluding hydrogens is 193 g/mol. The summed E-state index contributed by atoms with van der Waals surface area (Å²) in [5.41, 5.74) is 5.48. The second kappa shape index (κ2) is 4.19. The fraction of sp³-hybridized carbons (Fsp3) is 0.500. The van der Waals surface area contributed by atoms with E-state index in [9.17, 15) is 4.39 Å². The van der Waals surface area contributed by atoms with Crippen LogP contribution in [0, 0.1) is 5.82 Å². The number of benzene rings is 1. The molecule has 1 saturated carbocycles. The van der Waals surface area contributed by atoms with Crippen LogP contribution in [0.15, 0.2) is 24.3 Å². The van der Waals surface area contributed by atoms with Gasteiger partial charge >= 0.3 is 0 Å². The lowest BCUT2D eigenvalue weighted by molar-refractivity contribution is 0.0849. The molecule has 0 aromatic heterocycles. The number of hydrogen-bond donors (Lipinski definition) is 1. The minimum Gasteiger partial charge on any atom is -0.486 e. The van der Waals surface area contributed by atoms with Crippen LogP contribution in [-0.4, -0.2) is 12.1 Å². The molecule has 0 atom stereocenters. The van der Waals surface area contributed by atoms with E-state index in [1.807, 2.05) is 0 Å². The monoisotopic (exact) mass is 209 g/mol. The van der Waals surface area contributed by atoms with Crippen LogP contribution in [0.25, 0.3) is 0 Å². The van der Waals surface area contributed by atoms with Gasteiger partial charge in [-0.2, -0.15) is 0 Å². The first-order chi connectivity index (χ1) is 7.24. The van der Waals surface area contributed by atoms with Crippen LogP contribution in [0.4, 0.5) is 4.39 Å². The highest BCUT2D eigenvalue weighted by Crippen LogP contribution is 2.33. The Morgan fingerprint density at radius 3 is 2.67 bits per heavy atom. The Labute approximate surface area is 89.2 Å². The largest absolute Gasteiger partial charge is 0.486 e. The predicted molar refractivity (Wildman–Crippen MR) is 57.3 cm³/mol. The van der Waals surface area contributed by atoms with E-state index in [0.717, 1.165) is 25.7 Å². The standard InChI is InChI=1S/C12H16FNO/c13-10-4-3-5-11(8-10)15-12(9-14)6-1-2-7-12/h3-5,8H,1-2,6-7,9,14H2. The van der Waals surface area contributed by atoms with Crippen LogP contribution in [0.2, 0.25) is 0 Å². The summed E-state index contributed by atoms with van der Waals surface area (Å²) < 4.78 is 18.8. The highest BCUT2D eigenvalue weighted by molar-refractivity contribution is 5.23. The van der Waals surface area contributed by atoms with Gasteiger partial charge < -0.3 is 10.5 Å². The molecule has 1 aromatic carbocycles. The first-order valence-corrected chi connectivity index (χ1v) is 5.39. The maximum atomic E-state index is 13.0. The third kappa shape index (κ3) is 2.29. The van der Waals surface area contributed by atoms with E-state index in [1.54, 1.807) is 12.1 Å². The number of halogens is 1. The zero-order valence-electron chi connectivity index (χ0n) is 8.71. The summed E-state index contributed by atoms with van der Waals surface area (Å²) in [4.78, 5) is 0. The Morgan fingerprint density at radius 2 is 2.07 bits per heavy atom. The molecule has 0 bridgehead atoms. The minimum atomic E-state index is -0.266. The van der Waals surface area contributed by atoms with Crippen molar-refractivity contribution in [3.05, 3.63) is 30.1 Å². The first kappa shape index (κ1) is 10.4. The van der Waals surface area contributed by atoms with Gasteiger partial charge in [-0.25, -0.2) is 4.39 Å². The summed E-state index contributed by atoms with van der Waals surface area (Å²) >= 11 is 0. The lowest BCUT2D eigenvalue weighted by Gasteiger charge is -2.28. The third-order valence-corrected chi connectivity index (χ3v) is 3.02. The zero-order chi connectivity index (χ0) is 10.7. The number of ether oxygens (including phenoxy) is 1. The van der Waals surface area contributed by atoms with Crippen molar-refractivity contribution >= 4 is 0 Å². The molecule has 0 aliphatic heterocycles. The smallest absolute Gasteiger partial charge is 0.126 e. The lowest BCUT2D eigenvalue weighted by Crippen LogP contribution is -2.40. The molecule has 15 heavy (non-hydrogen) atoms. The van der Waals surface area contributed by atoms with Crippen molar-refractivity contribution in [2.45, 2.75) is 31.3 Å². The van der Waals surface area contributed by atoms with Crippen LogP contribution in [-0.2, 0) is 0 Å². The molecule has 82 valence electrons. The van der Waals surface area contributed by atoms with Crippen LogP contribution in [0.1, 0.15) is 25.7 Å². The SMILES string of the molecule is NCC1(Oc2cccc(F)c2)CCCC1. The van der Waals surface area contributed by atoms with Crippen molar-refractivity contribution < 1.29 is 9.13 Å². The van der Waals surface area contributed by atoms with E-state index in [4.69, 9.17) is 10.5 Å². The van der Waals surface area contributed by atoms with Crippen LogP contribution < -0.4 is 10.5 Å². The summed E-state index contributed by atoms with van der Waals surface area (Å²) in [6.07, 6.45) is 4.24. The quantitative estimate of drug-likeness (QED) is 0.830. The van der Waals surface area contributed by atoms with Gasteiger partial charge in [-0.05, 0) is 37.8 Å². The van der Waals surface area contributed by atoms with Crippen molar-refractivity contribution in [3.63, 3.8) is 0 Å². The van der Waals surface area contributed by atoms with Gasteiger partial charge in [-0.3, -0.25) is 0 Å². The molecule has 0 radical (unpaired) electrons. The molecule has 1 aliphatic carbocycles. The topological polar surface area (TPSA) is 35.2 Å². The Balaban J connectivity index is 2.12. The van der Waals surface area contributed by atoms with Gasteiger partial charge in [0.2, 0.25) is 0 Å². The zero-order valence-corrected chi connectivity index (χ0v) is 8.71. The normalized spacial score (nSPS) is 19.1. The second-order valence-electron chi connectivity index (χ2n) is 4.15. The average molecular weight is 209 g/mol. The summed E-state index contributed by atoms with van der Waals surface area (Å²) in [5, 5.41) is 0. The molecule has 0 amide bonds. The highest BCUT2D eigenvalue weighted by Gasteiger charge is 2.34. The van der Waals surface area contributed by atoms with E-state index in [1.165, 1.54) is 12.1 Å². The van der Waals surface area contributed by atoms with E-state index in [-0.39, 0.29) is 11.4 Å². The van der Waals surface area contributed by atoms with Gasteiger partial charge in [-0.1, -0.05) is 6.07 Å². The molecule has 0 unspecified atom stereocenters.